The Labute approximate surface area is 94.2 Å². The molecule has 3 aromatic rings. The van der Waals surface area contributed by atoms with Gasteiger partial charge in [0.25, 0.3) is 0 Å². The minimum atomic E-state index is 0.244. The molecule has 16 heavy (non-hydrogen) atoms. The summed E-state index contributed by atoms with van der Waals surface area (Å²) in [6.07, 6.45) is 0. The van der Waals surface area contributed by atoms with Gasteiger partial charge in [0.2, 0.25) is 11.7 Å². The van der Waals surface area contributed by atoms with Crippen molar-refractivity contribution < 1.29 is 4.52 Å². The third-order valence-corrected chi connectivity index (χ3v) is 2.85. The molecule has 0 radical (unpaired) electrons. The summed E-state index contributed by atoms with van der Waals surface area (Å²) in [5, 5.41) is 7.83. The molecule has 2 N–H and O–H groups in total. The SMILES string of the molecule is NCc1nc(-c2ccc3snnc3c2)no1. The normalized spacial score (nSPS) is 11.1. The van der Waals surface area contributed by atoms with Crippen LogP contribution in [0.25, 0.3) is 21.6 Å². The average molecular weight is 233 g/mol. The van der Waals surface area contributed by atoms with Gasteiger partial charge in [-0.25, -0.2) is 0 Å². The highest BCUT2D eigenvalue weighted by atomic mass is 32.1. The highest BCUT2D eigenvalue weighted by Crippen LogP contribution is 2.22. The number of nitrogens with two attached hydrogens (primary N) is 1. The second-order valence-electron chi connectivity index (χ2n) is 3.17. The number of benzene rings is 1. The van der Waals surface area contributed by atoms with Crippen molar-refractivity contribution in [2.45, 2.75) is 6.54 Å². The summed E-state index contributed by atoms with van der Waals surface area (Å²) >= 11 is 1.36. The first kappa shape index (κ1) is 9.37. The lowest BCUT2D eigenvalue weighted by molar-refractivity contribution is 0.380. The molecule has 0 spiro atoms. The van der Waals surface area contributed by atoms with E-state index in [0.717, 1.165) is 15.8 Å². The van der Waals surface area contributed by atoms with Gasteiger partial charge in [-0.1, -0.05) is 9.64 Å². The standard InChI is InChI=1S/C9H7N5OS/c10-4-8-11-9(13-15-8)5-1-2-7-6(3-5)12-14-16-7/h1-3H,4,10H2. The summed E-state index contributed by atoms with van der Waals surface area (Å²) in [6.45, 7) is 0.244. The Balaban J connectivity index is 2.10. The van der Waals surface area contributed by atoms with E-state index < -0.39 is 0 Å². The van der Waals surface area contributed by atoms with Crippen LogP contribution in [-0.2, 0) is 6.54 Å². The number of hydrogen-bond acceptors (Lipinski definition) is 7. The maximum absolute atomic E-state index is 5.40. The number of aromatic nitrogens is 4. The summed E-state index contributed by atoms with van der Waals surface area (Å²) in [7, 11) is 0. The molecule has 80 valence electrons. The van der Waals surface area contributed by atoms with Crippen molar-refractivity contribution in [2.24, 2.45) is 5.73 Å². The van der Waals surface area contributed by atoms with E-state index in [1.54, 1.807) is 0 Å². The van der Waals surface area contributed by atoms with Crippen LogP contribution in [0.3, 0.4) is 0 Å². The molecule has 0 aliphatic heterocycles. The van der Waals surface area contributed by atoms with Crippen molar-refractivity contribution in [1.29, 1.82) is 0 Å². The van der Waals surface area contributed by atoms with Gasteiger partial charge in [0.15, 0.2) is 0 Å². The van der Waals surface area contributed by atoms with Crippen LogP contribution in [-0.4, -0.2) is 19.7 Å². The molecule has 2 aromatic heterocycles. The first-order chi connectivity index (χ1) is 7.86. The molecule has 3 rings (SSSR count). The zero-order chi connectivity index (χ0) is 11.0. The van der Waals surface area contributed by atoms with Gasteiger partial charge in [0.1, 0.15) is 5.52 Å². The monoisotopic (exact) mass is 233 g/mol. The molecule has 0 bridgehead atoms. The molecule has 0 aliphatic carbocycles. The Kier molecular flexibility index (Phi) is 2.12. The molecule has 0 saturated heterocycles. The Morgan fingerprint density at radius 2 is 2.31 bits per heavy atom. The highest BCUT2D eigenvalue weighted by Gasteiger charge is 2.08. The summed E-state index contributed by atoms with van der Waals surface area (Å²) in [5.41, 5.74) is 7.08. The van der Waals surface area contributed by atoms with Gasteiger partial charge in [-0.15, -0.1) is 5.10 Å². The molecule has 0 atom stereocenters. The fourth-order valence-electron chi connectivity index (χ4n) is 1.38. The predicted octanol–water partition coefficient (Wildman–Crippen LogP) is 1.20. The first-order valence-corrected chi connectivity index (χ1v) is 5.39. The van der Waals surface area contributed by atoms with Gasteiger partial charge in [0.05, 0.1) is 11.2 Å². The van der Waals surface area contributed by atoms with Crippen LogP contribution in [0.2, 0.25) is 0 Å². The number of hydrogen-bond donors (Lipinski definition) is 1. The number of nitrogens with zero attached hydrogens (tertiary/aromatic N) is 4. The van der Waals surface area contributed by atoms with Crippen LogP contribution in [0.15, 0.2) is 22.7 Å². The van der Waals surface area contributed by atoms with Gasteiger partial charge in [-0.3, -0.25) is 0 Å². The zero-order valence-electron chi connectivity index (χ0n) is 8.12. The Hall–Kier alpha value is -1.86. The van der Waals surface area contributed by atoms with E-state index in [0.29, 0.717) is 11.7 Å². The van der Waals surface area contributed by atoms with Crippen LogP contribution in [0.1, 0.15) is 5.89 Å². The predicted molar refractivity (Wildman–Crippen MR) is 58.6 cm³/mol. The minimum absolute atomic E-state index is 0.244. The lowest BCUT2D eigenvalue weighted by Crippen LogP contribution is -1.95. The Morgan fingerprint density at radius 3 is 3.12 bits per heavy atom. The lowest BCUT2D eigenvalue weighted by Gasteiger charge is -1.92. The Bertz CT molecular complexity index is 631. The molecule has 0 fully saturated rings. The van der Waals surface area contributed by atoms with Crippen molar-refractivity contribution in [3.8, 4) is 11.4 Å². The molecule has 0 aliphatic rings. The van der Waals surface area contributed by atoms with Crippen molar-refractivity contribution in [3.05, 3.63) is 24.1 Å². The van der Waals surface area contributed by atoms with Gasteiger partial charge < -0.3 is 10.3 Å². The summed E-state index contributed by atoms with van der Waals surface area (Å²) < 4.78 is 9.84. The molecular weight excluding hydrogens is 226 g/mol. The third-order valence-electron chi connectivity index (χ3n) is 2.15. The van der Waals surface area contributed by atoms with E-state index in [2.05, 4.69) is 19.7 Å². The van der Waals surface area contributed by atoms with Crippen LogP contribution in [0.5, 0.6) is 0 Å². The van der Waals surface area contributed by atoms with Gasteiger partial charge in [-0.2, -0.15) is 4.98 Å². The number of rotatable bonds is 2. The summed E-state index contributed by atoms with van der Waals surface area (Å²) in [5.74, 6) is 0.946. The summed E-state index contributed by atoms with van der Waals surface area (Å²) in [4.78, 5) is 4.14. The van der Waals surface area contributed by atoms with E-state index in [1.807, 2.05) is 18.2 Å². The van der Waals surface area contributed by atoms with E-state index in [4.69, 9.17) is 10.3 Å². The van der Waals surface area contributed by atoms with E-state index in [1.165, 1.54) is 11.5 Å². The van der Waals surface area contributed by atoms with Crippen LogP contribution in [0, 0.1) is 0 Å². The largest absolute Gasteiger partial charge is 0.338 e. The quantitative estimate of drug-likeness (QED) is 0.715. The van der Waals surface area contributed by atoms with Crippen LogP contribution >= 0.6 is 11.5 Å². The first-order valence-electron chi connectivity index (χ1n) is 4.62. The fourth-order valence-corrected chi connectivity index (χ4v) is 1.91. The van der Waals surface area contributed by atoms with E-state index in [9.17, 15) is 0 Å². The van der Waals surface area contributed by atoms with Crippen LogP contribution < -0.4 is 5.73 Å². The smallest absolute Gasteiger partial charge is 0.240 e. The van der Waals surface area contributed by atoms with Crippen molar-refractivity contribution >= 4 is 21.7 Å². The fraction of sp³-hybridized carbons (Fsp3) is 0.111. The molecule has 2 heterocycles. The van der Waals surface area contributed by atoms with Gasteiger partial charge >= 0.3 is 0 Å². The van der Waals surface area contributed by atoms with Crippen molar-refractivity contribution in [3.63, 3.8) is 0 Å². The minimum Gasteiger partial charge on any atom is -0.338 e. The van der Waals surface area contributed by atoms with E-state index >= 15 is 0 Å². The molecule has 0 saturated carbocycles. The number of fused-ring (bicyclic) bond motifs is 1. The zero-order valence-corrected chi connectivity index (χ0v) is 8.94. The molecule has 1 aromatic carbocycles. The second-order valence-corrected chi connectivity index (χ2v) is 3.96. The molecule has 0 amide bonds. The summed E-state index contributed by atoms with van der Waals surface area (Å²) in [6, 6.07) is 5.73. The maximum atomic E-state index is 5.40. The topological polar surface area (TPSA) is 90.7 Å². The third kappa shape index (κ3) is 1.46. The molecule has 6 nitrogen and oxygen atoms in total. The Morgan fingerprint density at radius 1 is 1.38 bits per heavy atom. The molecular formula is C9H7N5OS. The van der Waals surface area contributed by atoms with E-state index in [-0.39, 0.29) is 6.54 Å². The lowest BCUT2D eigenvalue weighted by atomic mass is 10.2. The molecule has 0 unspecified atom stereocenters. The molecule has 7 heteroatoms. The van der Waals surface area contributed by atoms with Crippen LogP contribution in [0.4, 0.5) is 0 Å². The average Bonchev–Trinajstić information content (AvgIpc) is 2.96. The van der Waals surface area contributed by atoms with Gasteiger partial charge in [0, 0.05) is 5.56 Å². The second kappa shape index (κ2) is 3.62. The highest BCUT2D eigenvalue weighted by molar-refractivity contribution is 7.12. The van der Waals surface area contributed by atoms with Gasteiger partial charge in [-0.05, 0) is 29.7 Å². The maximum Gasteiger partial charge on any atom is 0.240 e. The van der Waals surface area contributed by atoms with Crippen molar-refractivity contribution in [2.75, 3.05) is 0 Å². The van der Waals surface area contributed by atoms with Crippen molar-refractivity contribution in [1.82, 2.24) is 19.7 Å².